The van der Waals surface area contributed by atoms with Gasteiger partial charge in [-0.1, -0.05) is 41.9 Å². The van der Waals surface area contributed by atoms with Crippen LogP contribution in [0.4, 0.5) is 13.2 Å². The van der Waals surface area contributed by atoms with Gasteiger partial charge in [0.25, 0.3) is 0 Å². The number of halogens is 4. The van der Waals surface area contributed by atoms with Gasteiger partial charge in [0.1, 0.15) is 0 Å². The van der Waals surface area contributed by atoms with Crippen molar-refractivity contribution >= 4 is 28.5 Å². The zero-order valence-electron chi connectivity index (χ0n) is 13.6. The maximum Gasteiger partial charge on any atom is 0.418 e. The van der Waals surface area contributed by atoms with E-state index in [9.17, 15) is 18.0 Å². The molecular weight excluding hydrogens is 367 g/mol. The molecular formula is C19H13ClF3NO2. The minimum absolute atomic E-state index is 0.00124. The molecule has 134 valence electrons. The molecule has 1 heterocycles. The molecule has 0 aliphatic rings. The van der Waals surface area contributed by atoms with Gasteiger partial charge in [-0.25, -0.2) is 9.78 Å². The fourth-order valence-corrected chi connectivity index (χ4v) is 2.86. The summed E-state index contributed by atoms with van der Waals surface area (Å²) in [6.07, 6.45) is -4.66. The molecule has 0 saturated carbocycles. The summed E-state index contributed by atoms with van der Waals surface area (Å²) in [6.45, 7) is 1.67. The van der Waals surface area contributed by atoms with E-state index in [4.69, 9.17) is 16.3 Å². The Kier molecular flexibility index (Phi) is 4.87. The molecule has 0 radical (unpaired) electrons. The highest BCUT2D eigenvalue weighted by atomic mass is 35.5. The first-order valence-corrected chi connectivity index (χ1v) is 8.13. The number of alkyl halides is 3. The smallest absolute Gasteiger partial charge is 0.418 e. The number of ether oxygens (including phenoxy) is 1. The highest BCUT2D eigenvalue weighted by Crippen LogP contribution is 2.39. The SMILES string of the molecule is CCOC(=O)c1cc(Cl)c2cc(-c3ccccc3)cc(C(F)(F)F)c2n1. The van der Waals surface area contributed by atoms with E-state index in [1.807, 2.05) is 0 Å². The molecule has 0 atom stereocenters. The number of hydrogen-bond donors (Lipinski definition) is 0. The van der Waals surface area contributed by atoms with E-state index >= 15 is 0 Å². The Balaban J connectivity index is 2.30. The van der Waals surface area contributed by atoms with E-state index in [1.54, 1.807) is 37.3 Å². The molecule has 0 N–H and O–H groups in total. The van der Waals surface area contributed by atoms with Crippen molar-refractivity contribution in [1.82, 2.24) is 4.98 Å². The molecule has 0 amide bonds. The van der Waals surface area contributed by atoms with Gasteiger partial charge in [0, 0.05) is 5.39 Å². The average Bonchev–Trinajstić information content (AvgIpc) is 2.61. The highest BCUT2D eigenvalue weighted by molar-refractivity contribution is 6.35. The van der Waals surface area contributed by atoms with Gasteiger partial charge in [-0.15, -0.1) is 0 Å². The van der Waals surface area contributed by atoms with Crippen LogP contribution in [0.5, 0.6) is 0 Å². The molecule has 0 bridgehead atoms. The third-order valence-electron chi connectivity index (χ3n) is 3.76. The lowest BCUT2D eigenvalue weighted by molar-refractivity contribution is -0.136. The highest BCUT2D eigenvalue weighted by Gasteiger charge is 2.34. The summed E-state index contributed by atoms with van der Waals surface area (Å²) < 4.78 is 45.7. The topological polar surface area (TPSA) is 39.2 Å². The van der Waals surface area contributed by atoms with Crippen LogP contribution < -0.4 is 0 Å². The largest absolute Gasteiger partial charge is 0.461 e. The van der Waals surface area contributed by atoms with Gasteiger partial charge in [-0.3, -0.25) is 0 Å². The Morgan fingerprint density at radius 2 is 1.81 bits per heavy atom. The number of fused-ring (bicyclic) bond motifs is 1. The molecule has 3 rings (SSSR count). The van der Waals surface area contributed by atoms with Crippen LogP contribution in [0.15, 0.2) is 48.5 Å². The van der Waals surface area contributed by atoms with Crippen LogP contribution in [0.1, 0.15) is 23.0 Å². The van der Waals surface area contributed by atoms with Crippen LogP contribution in [-0.4, -0.2) is 17.6 Å². The Morgan fingerprint density at radius 1 is 1.12 bits per heavy atom. The van der Waals surface area contributed by atoms with Gasteiger partial charge in [0.15, 0.2) is 5.69 Å². The van der Waals surface area contributed by atoms with Crippen molar-refractivity contribution in [2.75, 3.05) is 6.61 Å². The summed E-state index contributed by atoms with van der Waals surface area (Å²) in [5.41, 5.74) is -0.625. The van der Waals surface area contributed by atoms with Gasteiger partial charge in [-0.05, 0) is 36.2 Å². The third kappa shape index (κ3) is 3.51. The third-order valence-corrected chi connectivity index (χ3v) is 4.07. The maximum absolute atomic E-state index is 13.6. The summed E-state index contributed by atoms with van der Waals surface area (Å²) in [7, 11) is 0. The van der Waals surface area contributed by atoms with Crippen LogP contribution in [0.3, 0.4) is 0 Å². The van der Waals surface area contributed by atoms with Crippen molar-refractivity contribution in [2.45, 2.75) is 13.1 Å². The summed E-state index contributed by atoms with van der Waals surface area (Å²) in [5.74, 6) is -0.823. The van der Waals surface area contributed by atoms with E-state index in [0.29, 0.717) is 11.1 Å². The summed E-state index contributed by atoms with van der Waals surface area (Å²) >= 11 is 6.17. The summed E-state index contributed by atoms with van der Waals surface area (Å²) in [6, 6.07) is 12.4. The minimum atomic E-state index is -4.66. The van der Waals surface area contributed by atoms with Crippen molar-refractivity contribution < 1.29 is 22.7 Å². The number of esters is 1. The van der Waals surface area contributed by atoms with Crippen molar-refractivity contribution in [1.29, 1.82) is 0 Å². The second-order valence-electron chi connectivity index (χ2n) is 5.49. The first-order chi connectivity index (χ1) is 12.3. The van der Waals surface area contributed by atoms with Crippen LogP contribution in [0.25, 0.3) is 22.0 Å². The Bertz CT molecular complexity index is 972. The van der Waals surface area contributed by atoms with Gasteiger partial charge >= 0.3 is 12.1 Å². The number of hydrogen-bond acceptors (Lipinski definition) is 3. The second-order valence-corrected chi connectivity index (χ2v) is 5.90. The molecule has 26 heavy (non-hydrogen) atoms. The lowest BCUT2D eigenvalue weighted by Crippen LogP contribution is -2.11. The molecule has 7 heteroatoms. The predicted octanol–water partition coefficient (Wildman–Crippen LogP) is 5.75. The van der Waals surface area contributed by atoms with Crippen molar-refractivity contribution in [3.05, 3.63) is 64.8 Å². The molecule has 0 aliphatic carbocycles. The van der Waals surface area contributed by atoms with Crippen LogP contribution in [0, 0.1) is 0 Å². The molecule has 0 aliphatic heterocycles. The van der Waals surface area contributed by atoms with Crippen LogP contribution in [0.2, 0.25) is 5.02 Å². The van der Waals surface area contributed by atoms with Crippen molar-refractivity contribution in [3.63, 3.8) is 0 Å². The van der Waals surface area contributed by atoms with Gasteiger partial charge in [0.2, 0.25) is 0 Å². The van der Waals surface area contributed by atoms with Gasteiger partial charge in [-0.2, -0.15) is 13.2 Å². The number of aromatic nitrogens is 1. The van der Waals surface area contributed by atoms with Crippen LogP contribution in [-0.2, 0) is 10.9 Å². The van der Waals surface area contributed by atoms with Gasteiger partial charge in [0.05, 0.1) is 22.7 Å². The zero-order valence-corrected chi connectivity index (χ0v) is 14.4. The fraction of sp³-hybridized carbons (Fsp3) is 0.158. The second kappa shape index (κ2) is 6.96. The molecule has 0 spiro atoms. The molecule has 0 saturated heterocycles. The molecule has 3 nitrogen and oxygen atoms in total. The molecule has 2 aromatic carbocycles. The average molecular weight is 380 g/mol. The number of benzene rings is 2. The van der Waals surface area contributed by atoms with Gasteiger partial charge < -0.3 is 4.74 Å². The molecule has 1 aromatic heterocycles. The normalized spacial score (nSPS) is 11.6. The molecule has 3 aromatic rings. The molecule has 0 unspecified atom stereocenters. The fourth-order valence-electron chi connectivity index (χ4n) is 2.61. The lowest BCUT2D eigenvalue weighted by Gasteiger charge is -2.14. The minimum Gasteiger partial charge on any atom is -0.461 e. The standard InChI is InChI=1S/C19H13ClF3NO2/c1-2-26-18(25)16-10-15(20)13-8-12(11-6-4-3-5-7-11)9-14(17(13)24-16)19(21,22)23/h3-10H,2H2,1H3. The molecule has 0 fully saturated rings. The Labute approximate surface area is 152 Å². The van der Waals surface area contributed by atoms with E-state index < -0.39 is 17.7 Å². The van der Waals surface area contributed by atoms with Crippen LogP contribution >= 0.6 is 11.6 Å². The first-order valence-electron chi connectivity index (χ1n) is 7.75. The number of carbonyl (C=O) groups is 1. The first kappa shape index (κ1) is 18.2. The number of rotatable bonds is 3. The van der Waals surface area contributed by atoms with E-state index in [2.05, 4.69) is 4.98 Å². The number of carbonyl (C=O) groups excluding carboxylic acids is 1. The number of nitrogens with zero attached hydrogens (tertiary/aromatic N) is 1. The predicted molar refractivity (Wildman–Crippen MR) is 93.1 cm³/mol. The quantitative estimate of drug-likeness (QED) is 0.544. The maximum atomic E-state index is 13.6. The van der Waals surface area contributed by atoms with E-state index in [0.717, 1.165) is 6.07 Å². The van der Waals surface area contributed by atoms with Crippen molar-refractivity contribution in [3.8, 4) is 11.1 Å². The summed E-state index contributed by atoms with van der Waals surface area (Å²) in [4.78, 5) is 15.7. The van der Waals surface area contributed by atoms with E-state index in [-0.39, 0.29) is 28.2 Å². The monoisotopic (exact) mass is 379 g/mol. The number of pyridine rings is 1. The lowest BCUT2D eigenvalue weighted by atomic mass is 9.99. The Hall–Kier alpha value is -2.60. The van der Waals surface area contributed by atoms with E-state index in [1.165, 1.54) is 12.1 Å². The van der Waals surface area contributed by atoms with Crippen molar-refractivity contribution in [2.24, 2.45) is 0 Å². The summed E-state index contributed by atoms with van der Waals surface area (Å²) in [5, 5.41) is 0.120. The Morgan fingerprint density at radius 3 is 2.42 bits per heavy atom. The zero-order chi connectivity index (χ0) is 18.9.